The van der Waals surface area contributed by atoms with E-state index in [-0.39, 0.29) is 10.6 Å². The van der Waals surface area contributed by atoms with Crippen LogP contribution in [0.25, 0.3) is 22.1 Å². The number of rotatable bonds is 4. The zero-order valence-electron chi connectivity index (χ0n) is 14.5. The predicted octanol–water partition coefficient (Wildman–Crippen LogP) is 4.58. The van der Waals surface area contributed by atoms with Gasteiger partial charge in [0.1, 0.15) is 16.4 Å². The maximum Gasteiger partial charge on any atom is 0.355 e. The van der Waals surface area contributed by atoms with E-state index >= 15 is 0 Å². The van der Waals surface area contributed by atoms with Crippen molar-refractivity contribution in [2.75, 3.05) is 0 Å². The van der Waals surface area contributed by atoms with Gasteiger partial charge in [-0.05, 0) is 44.0 Å². The molecule has 0 aliphatic rings. The Morgan fingerprint density at radius 3 is 2.58 bits per heavy atom. The quantitative estimate of drug-likeness (QED) is 0.678. The van der Waals surface area contributed by atoms with E-state index < -0.39 is 17.7 Å². The molecule has 5 nitrogen and oxygen atoms in total. The van der Waals surface area contributed by atoms with Gasteiger partial charge >= 0.3 is 11.6 Å². The van der Waals surface area contributed by atoms with E-state index in [0.29, 0.717) is 16.7 Å². The van der Waals surface area contributed by atoms with Crippen molar-refractivity contribution in [3.8, 4) is 16.9 Å². The normalized spacial score (nSPS) is 12.2. The highest BCUT2D eigenvalue weighted by Gasteiger charge is 2.18. The van der Waals surface area contributed by atoms with Crippen LogP contribution in [0.15, 0.2) is 45.6 Å². The van der Waals surface area contributed by atoms with E-state index in [4.69, 9.17) is 25.9 Å². The van der Waals surface area contributed by atoms with Crippen LogP contribution >= 0.6 is 11.6 Å². The highest BCUT2D eigenvalue weighted by molar-refractivity contribution is 6.34. The monoisotopic (exact) mass is 372 g/mol. The minimum absolute atomic E-state index is 0.0111. The van der Waals surface area contributed by atoms with Crippen molar-refractivity contribution in [1.29, 1.82) is 0 Å². The SMILES string of the molecule is Cc1ccc(-c2c(Cl)c(=O)oc3cc(O[C@H](C)C(=O)O)ccc23)c(C)c1. The van der Waals surface area contributed by atoms with Crippen LogP contribution in [0.2, 0.25) is 5.02 Å². The van der Waals surface area contributed by atoms with Crippen LogP contribution in [0.5, 0.6) is 5.75 Å². The molecule has 1 aromatic heterocycles. The van der Waals surface area contributed by atoms with Crippen LogP contribution in [0.3, 0.4) is 0 Å². The van der Waals surface area contributed by atoms with Crippen molar-refractivity contribution in [1.82, 2.24) is 0 Å². The Balaban J connectivity index is 2.21. The molecule has 3 aromatic rings. The van der Waals surface area contributed by atoms with Gasteiger partial charge in [0.15, 0.2) is 6.10 Å². The van der Waals surface area contributed by atoms with E-state index in [1.165, 1.54) is 13.0 Å². The van der Waals surface area contributed by atoms with Crippen molar-refractivity contribution < 1.29 is 19.1 Å². The van der Waals surface area contributed by atoms with Crippen molar-refractivity contribution in [2.45, 2.75) is 26.9 Å². The standard InChI is InChI=1S/C20H17ClO5/c1-10-4-6-14(11(2)8-10)17-15-7-5-13(25-12(3)19(22)23)9-16(15)26-20(24)18(17)21/h4-9,12H,1-3H3,(H,22,23)/t12-/m1/s1. The number of carboxylic acid groups (broad SMARTS) is 1. The lowest BCUT2D eigenvalue weighted by Crippen LogP contribution is -2.22. The fourth-order valence-electron chi connectivity index (χ4n) is 2.84. The molecule has 0 aliphatic carbocycles. The van der Waals surface area contributed by atoms with E-state index in [1.54, 1.807) is 12.1 Å². The number of fused-ring (bicyclic) bond motifs is 1. The molecule has 0 radical (unpaired) electrons. The Morgan fingerprint density at radius 1 is 1.19 bits per heavy atom. The smallest absolute Gasteiger partial charge is 0.355 e. The fourth-order valence-corrected chi connectivity index (χ4v) is 3.09. The molecule has 0 bridgehead atoms. The predicted molar refractivity (Wildman–Crippen MR) is 100 cm³/mol. The Bertz CT molecular complexity index is 1070. The molecule has 0 saturated heterocycles. The van der Waals surface area contributed by atoms with Crippen LogP contribution in [-0.4, -0.2) is 17.2 Å². The van der Waals surface area contributed by atoms with E-state index in [2.05, 4.69) is 0 Å². The topological polar surface area (TPSA) is 76.7 Å². The van der Waals surface area contributed by atoms with Gasteiger partial charge in [-0.2, -0.15) is 0 Å². The molecule has 2 aromatic carbocycles. The first kappa shape index (κ1) is 18.0. The number of hydrogen-bond donors (Lipinski definition) is 1. The minimum Gasteiger partial charge on any atom is -0.479 e. The molecule has 0 saturated carbocycles. The third-order valence-electron chi connectivity index (χ3n) is 4.14. The van der Waals surface area contributed by atoms with Gasteiger partial charge in [-0.15, -0.1) is 0 Å². The molecule has 1 N–H and O–H groups in total. The van der Waals surface area contributed by atoms with Crippen molar-refractivity contribution in [3.05, 3.63) is 63.0 Å². The second kappa shape index (κ2) is 6.84. The summed E-state index contributed by atoms with van der Waals surface area (Å²) in [6.45, 7) is 5.36. The highest BCUT2D eigenvalue weighted by Crippen LogP contribution is 2.36. The van der Waals surface area contributed by atoms with Crippen LogP contribution in [-0.2, 0) is 4.79 Å². The van der Waals surface area contributed by atoms with Crippen LogP contribution < -0.4 is 10.4 Å². The summed E-state index contributed by atoms with van der Waals surface area (Å²) in [6.07, 6.45) is -1.02. The number of ether oxygens (including phenoxy) is 1. The average molecular weight is 373 g/mol. The lowest BCUT2D eigenvalue weighted by atomic mass is 9.96. The summed E-state index contributed by atoms with van der Waals surface area (Å²) in [5.41, 5.74) is 3.15. The van der Waals surface area contributed by atoms with Gasteiger partial charge in [0.2, 0.25) is 0 Å². The summed E-state index contributed by atoms with van der Waals surface area (Å²) in [4.78, 5) is 23.2. The zero-order chi connectivity index (χ0) is 19.0. The minimum atomic E-state index is -1.08. The third-order valence-corrected chi connectivity index (χ3v) is 4.48. The van der Waals surface area contributed by atoms with Crippen LogP contribution in [0.4, 0.5) is 0 Å². The molecule has 1 atom stereocenters. The molecule has 0 aliphatic heterocycles. The summed E-state index contributed by atoms with van der Waals surface area (Å²) in [5.74, 6) is -0.789. The van der Waals surface area contributed by atoms with Gasteiger partial charge in [0.25, 0.3) is 0 Å². The third kappa shape index (κ3) is 3.30. The molecule has 1 heterocycles. The summed E-state index contributed by atoms with van der Waals surface area (Å²) < 4.78 is 10.6. The summed E-state index contributed by atoms with van der Waals surface area (Å²) in [6, 6.07) is 10.7. The molecule has 0 unspecified atom stereocenters. The Kier molecular flexibility index (Phi) is 4.74. The van der Waals surface area contributed by atoms with Gasteiger partial charge in [0.05, 0.1) is 0 Å². The van der Waals surface area contributed by atoms with E-state index in [9.17, 15) is 9.59 Å². The Morgan fingerprint density at radius 2 is 1.92 bits per heavy atom. The Hall–Kier alpha value is -2.79. The molecule has 0 fully saturated rings. The van der Waals surface area contributed by atoms with Gasteiger partial charge in [-0.25, -0.2) is 9.59 Å². The Labute approximate surface area is 154 Å². The lowest BCUT2D eigenvalue weighted by molar-refractivity contribution is -0.144. The molecular formula is C20H17ClO5. The number of aryl methyl sites for hydroxylation is 2. The maximum atomic E-state index is 12.2. The molecule has 134 valence electrons. The van der Waals surface area contributed by atoms with Gasteiger partial charge < -0.3 is 14.3 Å². The van der Waals surface area contributed by atoms with Gasteiger partial charge in [-0.1, -0.05) is 35.4 Å². The number of carboxylic acids is 1. The largest absolute Gasteiger partial charge is 0.479 e. The number of hydrogen-bond acceptors (Lipinski definition) is 4. The van der Waals surface area contributed by atoms with Crippen molar-refractivity contribution in [2.24, 2.45) is 0 Å². The molecule has 26 heavy (non-hydrogen) atoms. The molecule has 0 amide bonds. The van der Waals surface area contributed by atoms with Crippen molar-refractivity contribution >= 4 is 28.5 Å². The highest BCUT2D eigenvalue weighted by atomic mass is 35.5. The van der Waals surface area contributed by atoms with Gasteiger partial charge in [0, 0.05) is 17.0 Å². The van der Waals surface area contributed by atoms with Gasteiger partial charge in [-0.3, -0.25) is 0 Å². The van der Waals surface area contributed by atoms with E-state index in [0.717, 1.165) is 16.7 Å². The second-order valence-corrected chi connectivity index (χ2v) is 6.53. The molecule has 3 rings (SSSR count). The second-order valence-electron chi connectivity index (χ2n) is 6.15. The molecule has 6 heteroatoms. The zero-order valence-corrected chi connectivity index (χ0v) is 15.3. The van der Waals surface area contributed by atoms with Crippen LogP contribution in [0, 0.1) is 13.8 Å². The first-order valence-electron chi connectivity index (χ1n) is 8.01. The van der Waals surface area contributed by atoms with Crippen molar-refractivity contribution in [3.63, 3.8) is 0 Å². The number of halogens is 1. The summed E-state index contributed by atoms with van der Waals surface area (Å²) in [7, 11) is 0. The first-order chi connectivity index (χ1) is 12.3. The summed E-state index contributed by atoms with van der Waals surface area (Å²) in [5, 5.41) is 9.63. The number of aliphatic carboxylic acids is 1. The van der Waals surface area contributed by atoms with E-state index in [1.807, 2.05) is 32.0 Å². The first-order valence-corrected chi connectivity index (χ1v) is 8.39. The lowest BCUT2D eigenvalue weighted by Gasteiger charge is -2.14. The van der Waals surface area contributed by atoms with Crippen LogP contribution in [0.1, 0.15) is 18.1 Å². The molecule has 0 spiro atoms. The molecular weight excluding hydrogens is 356 g/mol. The average Bonchev–Trinajstić information content (AvgIpc) is 2.57. The maximum absolute atomic E-state index is 12.2. The summed E-state index contributed by atoms with van der Waals surface area (Å²) >= 11 is 6.27. The fraction of sp³-hybridized carbons (Fsp3) is 0.200. The number of carbonyl (C=O) groups is 1. The number of benzene rings is 2.